The molecule has 0 radical (unpaired) electrons. The van der Waals surface area contributed by atoms with Crippen LogP contribution in [-0.4, -0.2) is 47.5 Å². The minimum absolute atomic E-state index is 0.105. The molecule has 1 aliphatic rings. The maximum atomic E-state index is 11.9. The fourth-order valence-electron chi connectivity index (χ4n) is 1.75. The van der Waals surface area contributed by atoms with Crippen molar-refractivity contribution in [1.29, 1.82) is 0 Å². The van der Waals surface area contributed by atoms with Crippen LogP contribution in [0, 0.1) is 5.92 Å². The molecule has 1 atom stereocenters. The Balaban J connectivity index is 2.67. The van der Waals surface area contributed by atoms with Gasteiger partial charge in [0.15, 0.2) is 0 Å². The van der Waals surface area contributed by atoms with E-state index in [1.165, 1.54) is 4.90 Å². The predicted molar refractivity (Wildman–Crippen MR) is 61.8 cm³/mol. The molecule has 0 saturated carbocycles. The number of nitrogens with zero attached hydrogens (tertiary/aromatic N) is 2. The third kappa shape index (κ3) is 2.52. The Bertz CT molecular complexity index is 274. The molecule has 1 N–H and O–H groups in total. The van der Waals surface area contributed by atoms with Gasteiger partial charge in [0.25, 0.3) is 5.91 Å². The van der Waals surface area contributed by atoms with Gasteiger partial charge in [-0.05, 0) is 19.0 Å². The molecule has 0 aromatic rings. The molecule has 1 rings (SSSR count). The van der Waals surface area contributed by atoms with Crippen molar-refractivity contribution in [3.63, 3.8) is 0 Å². The van der Waals surface area contributed by atoms with Gasteiger partial charge in [0.1, 0.15) is 6.04 Å². The van der Waals surface area contributed by atoms with E-state index in [1.54, 1.807) is 0 Å². The first-order chi connectivity index (χ1) is 7.51. The minimum Gasteiger partial charge on any atom is -0.325 e. The Morgan fingerprint density at radius 1 is 1.31 bits per heavy atom. The number of carbonyl (C=O) groups is 2. The van der Waals surface area contributed by atoms with Crippen LogP contribution in [0.15, 0.2) is 0 Å². The molecule has 16 heavy (non-hydrogen) atoms. The van der Waals surface area contributed by atoms with Crippen molar-refractivity contribution >= 4 is 11.9 Å². The fraction of sp³-hybridized carbons (Fsp3) is 0.818. The summed E-state index contributed by atoms with van der Waals surface area (Å²) in [6.07, 6.45) is 0. The molecule has 1 aliphatic heterocycles. The zero-order valence-electron chi connectivity index (χ0n) is 10.5. The van der Waals surface area contributed by atoms with Crippen LogP contribution in [0.1, 0.15) is 27.7 Å². The number of imide groups is 1. The SMILES string of the molecule is CCN(CC)CN1C(=O)NC(C(C)C)C1=O. The molecule has 0 spiro atoms. The van der Waals surface area contributed by atoms with Crippen LogP contribution in [-0.2, 0) is 4.79 Å². The Morgan fingerprint density at radius 3 is 2.25 bits per heavy atom. The third-order valence-electron chi connectivity index (χ3n) is 2.96. The number of carbonyl (C=O) groups excluding carboxylic acids is 2. The second kappa shape index (κ2) is 5.30. The highest BCUT2D eigenvalue weighted by molar-refractivity contribution is 6.04. The molecule has 1 saturated heterocycles. The van der Waals surface area contributed by atoms with Crippen molar-refractivity contribution in [2.75, 3.05) is 19.8 Å². The van der Waals surface area contributed by atoms with E-state index in [4.69, 9.17) is 0 Å². The van der Waals surface area contributed by atoms with Crippen molar-refractivity contribution in [1.82, 2.24) is 15.1 Å². The molecule has 0 bridgehead atoms. The van der Waals surface area contributed by atoms with Crippen molar-refractivity contribution in [2.24, 2.45) is 5.92 Å². The number of nitrogens with one attached hydrogen (secondary N) is 1. The second-order valence-corrected chi connectivity index (χ2v) is 4.38. The lowest BCUT2D eigenvalue weighted by Crippen LogP contribution is -2.42. The lowest BCUT2D eigenvalue weighted by Gasteiger charge is -2.23. The van der Waals surface area contributed by atoms with E-state index in [-0.39, 0.29) is 23.9 Å². The van der Waals surface area contributed by atoms with Crippen LogP contribution < -0.4 is 5.32 Å². The molecule has 1 unspecified atom stereocenters. The smallest absolute Gasteiger partial charge is 0.325 e. The molecule has 0 aliphatic carbocycles. The minimum atomic E-state index is -0.358. The van der Waals surface area contributed by atoms with Crippen molar-refractivity contribution in [2.45, 2.75) is 33.7 Å². The zero-order chi connectivity index (χ0) is 12.3. The standard InChI is InChI=1S/C11H21N3O2/c1-5-13(6-2)7-14-10(15)9(8(3)4)12-11(14)16/h8-9H,5-7H2,1-4H3,(H,12,16). The van der Waals surface area contributed by atoms with Gasteiger partial charge >= 0.3 is 6.03 Å². The number of rotatable bonds is 5. The lowest BCUT2D eigenvalue weighted by atomic mass is 10.1. The Labute approximate surface area is 96.8 Å². The number of hydrogen-bond acceptors (Lipinski definition) is 3. The number of hydrogen-bond donors (Lipinski definition) is 1. The number of urea groups is 1. The summed E-state index contributed by atoms with van der Waals surface area (Å²) in [5.41, 5.74) is 0. The van der Waals surface area contributed by atoms with Gasteiger partial charge in [0, 0.05) is 0 Å². The van der Waals surface area contributed by atoms with E-state index in [0.29, 0.717) is 6.67 Å². The van der Waals surface area contributed by atoms with Crippen LogP contribution in [0.3, 0.4) is 0 Å². The van der Waals surface area contributed by atoms with Crippen LogP contribution in [0.4, 0.5) is 4.79 Å². The lowest BCUT2D eigenvalue weighted by molar-refractivity contribution is -0.129. The van der Waals surface area contributed by atoms with Crippen molar-refractivity contribution < 1.29 is 9.59 Å². The summed E-state index contributed by atoms with van der Waals surface area (Å²) in [5.74, 6) is 0.0325. The molecule has 1 fully saturated rings. The van der Waals surface area contributed by atoms with E-state index in [2.05, 4.69) is 5.32 Å². The van der Waals surface area contributed by atoms with Gasteiger partial charge in [0.2, 0.25) is 0 Å². The summed E-state index contributed by atoms with van der Waals surface area (Å²) in [7, 11) is 0. The molecule has 1 heterocycles. The summed E-state index contributed by atoms with van der Waals surface area (Å²) in [6.45, 7) is 9.96. The fourth-order valence-corrected chi connectivity index (χ4v) is 1.75. The molecule has 0 aromatic carbocycles. The Hall–Kier alpha value is -1.10. The van der Waals surface area contributed by atoms with Gasteiger partial charge in [-0.15, -0.1) is 0 Å². The molecule has 5 nitrogen and oxygen atoms in total. The summed E-state index contributed by atoms with van der Waals surface area (Å²) < 4.78 is 0. The van der Waals surface area contributed by atoms with Crippen LogP contribution >= 0.6 is 0 Å². The highest BCUT2D eigenvalue weighted by Gasteiger charge is 2.39. The topological polar surface area (TPSA) is 52.6 Å². The predicted octanol–water partition coefficient (Wildman–Crippen LogP) is 0.862. The summed E-state index contributed by atoms with van der Waals surface area (Å²) in [6, 6.07) is -0.626. The van der Waals surface area contributed by atoms with E-state index >= 15 is 0 Å². The molecular formula is C11H21N3O2. The number of amides is 3. The molecule has 0 aromatic heterocycles. The van der Waals surface area contributed by atoms with Crippen LogP contribution in [0.2, 0.25) is 0 Å². The van der Waals surface area contributed by atoms with E-state index in [1.807, 2.05) is 32.6 Å². The summed E-state index contributed by atoms with van der Waals surface area (Å²) in [5, 5.41) is 2.72. The van der Waals surface area contributed by atoms with Gasteiger partial charge in [-0.2, -0.15) is 0 Å². The third-order valence-corrected chi connectivity index (χ3v) is 2.96. The van der Waals surface area contributed by atoms with Crippen molar-refractivity contribution in [3.8, 4) is 0 Å². The quantitative estimate of drug-likeness (QED) is 0.709. The average Bonchev–Trinajstić information content (AvgIpc) is 2.52. The molecule has 92 valence electrons. The molecular weight excluding hydrogens is 206 g/mol. The average molecular weight is 227 g/mol. The first-order valence-electron chi connectivity index (χ1n) is 5.85. The van der Waals surface area contributed by atoms with Gasteiger partial charge in [-0.3, -0.25) is 9.69 Å². The highest BCUT2D eigenvalue weighted by atomic mass is 16.2. The Kier molecular flexibility index (Phi) is 4.29. The van der Waals surface area contributed by atoms with Crippen molar-refractivity contribution in [3.05, 3.63) is 0 Å². The second-order valence-electron chi connectivity index (χ2n) is 4.38. The maximum Gasteiger partial charge on any atom is 0.325 e. The van der Waals surface area contributed by atoms with E-state index in [0.717, 1.165) is 13.1 Å². The van der Waals surface area contributed by atoms with E-state index < -0.39 is 0 Å². The van der Waals surface area contributed by atoms with Gasteiger partial charge in [-0.25, -0.2) is 9.69 Å². The van der Waals surface area contributed by atoms with Gasteiger partial charge in [-0.1, -0.05) is 27.7 Å². The Morgan fingerprint density at radius 2 is 1.88 bits per heavy atom. The highest BCUT2D eigenvalue weighted by Crippen LogP contribution is 2.13. The van der Waals surface area contributed by atoms with Crippen LogP contribution in [0.25, 0.3) is 0 Å². The summed E-state index contributed by atoms with van der Waals surface area (Å²) >= 11 is 0. The van der Waals surface area contributed by atoms with E-state index in [9.17, 15) is 9.59 Å². The normalized spacial score (nSPS) is 21.1. The zero-order valence-corrected chi connectivity index (χ0v) is 10.5. The molecule has 5 heteroatoms. The first-order valence-corrected chi connectivity index (χ1v) is 5.85. The van der Waals surface area contributed by atoms with Gasteiger partial charge in [0.05, 0.1) is 6.67 Å². The largest absolute Gasteiger partial charge is 0.325 e. The maximum absolute atomic E-state index is 11.9. The first kappa shape index (κ1) is 13.0. The van der Waals surface area contributed by atoms with Crippen LogP contribution in [0.5, 0.6) is 0 Å². The monoisotopic (exact) mass is 227 g/mol. The summed E-state index contributed by atoms with van der Waals surface area (Å²) in [4.78, 5) is 26.9. The van der Waals surface area contributed by atoms with Gasteiger partial charge < -0.3 is 5.32 Å². The molecule has 3 amide bonds.